The SMILES string of the molecule is CSCCNCC(O)c1cccc(C(F)(F)F)c1. The highest BCUT2D eigenvalue weighted by molar-refractivity contribution is 7.98. The van der Waals surface area contributed by atoms with Gasteiger partial charge in [0.05, 0.1) is 11.7 Å². The van der Waals surface area contributed by atoms with E-state index in [-0.39, 0.29) is 12.1 Å². The molecule has 0 radical (unpaired) electrons. The molecule has 0 aliphatic rings. The molecule has 18 heavy (non-hydrogen) atoms. The third-order valence-electron chi connectivity index (χ3n) is 2.42. The molecule has 6 heteroatoms. The van der Waals surface area contributed by atoms with E-state index in [4.69, 9.17) is 0 Å². The number of hydrogen-bond acceptors (Lipinski definition) is 3. The maximum Gasteiger partial charge on any atom is 0.416 e. The predicted molar refractivity (Wildman–Crippen MR) is 67.7 cm³/mol. The maximum absolute atomic E-state index is 12.5. The molecule has 1 aromatic rings. The summed E-state index contributed by atoms with van der Waals surface area (Å²) in [5, 5.41) is 12.8. The van der Waals surface area contributed by atoms with Crippen LogP contribution in [-0.4, -0.2) is 30.2 Å². The third kappa shape index (κ3) is 4.88. The van der Waals surface area contributed by atoms with Crippen LogP contribution in [0.15, 0.2) is 24.3 Å². The zero-order valence-corrected chi connectivity index (χ0v) is 10.8. The van der Waals surface area contributed by atoms with Gasteiger partial charge in [-0.15, -0.1) is 0 Å². The standard InChI is InChI=1S/C12H16F3NOS/c1-18-6-5-16-8-11(17)9-3-2-4-10(7-9)12(13,14)15/h2-4,7,11,16-17H,5-6,8H2,1H3. The minimum absolute atomic E-state index is 0.252. The first-order chi connectivity index (χ1) is 8.45. The zero-order valence-electron chi connectivity index (χ0n) is 10.00. The van der Waals surface area contributed by atoms with Crippen molar-refractivity contribution in [2.75, 3.05) is 25.1 Å². The Hall–Kier alpha value is -0.720. The van der Waals surface area contributed by atoms with Crippen molar-refractivity contribution < 1.29 is 18.3 Å². The van der Waals surface area contributed by atoms with Crippen LogP contribution in [0.2, 0.25) is 0 Å². The highest BCUT2D eigenvalue weighted by atomic mass is 32.2. The number of aliphatic hydroxyl groups excluding tert-OH is 1. The lowest BCUT2D eigenvalue weighted by Gasteiger charge is -2.14. The van der Waals surface area contributed by atoms with Gasteiger partial charge in [0.2, 0.25) is 0 Å². The van der Waals surface area contributed by atoms with Crippen molar-refractivity contribution in [3.05, 3.63) is 35.4 Å². The summed E-state index contributed by atoms with van der Waals surface area (Å²) < 4.78 is 37.5. The van der Waals surface area contributed by atoms with E-state index in [1.54, 1.807) is 11.8 Å². The smallest absolute Gasteiger partial charge is 0.387 e. The molecule has 1 rings (SSSR count). The summed E-state index contributed by atoms with van der Waals surface area (Å²) in [7, 11) is 0. The molecular weight excluding hydrogens is 263 g/mol. The molecule has 0 saturated heterocycles. The van der Waals surface area contributed by atoms with Gasteiger partial charge in [0, 0.05) is 18.8 Å². The van der Waals surface area contributed by atoms with E-state index in [2.05, 4.69) is 5.32 Å². The van der Waals surface area contributed by atoms with Gasteiger partial charge in [-0.3, -0.25) is 0 Å². The second-order valence-electron chi connectivity index (χ2n) is 3.84. The second-order valence-corrected chi connectivity index (χ2v) is 4.82. The first-order valence-corrected chi connectivity index (χ1v) is 6.89. The number of hydrogen-bond donors (Lipinski definition) is 2. The van der Waals surface area contributed by atoms with Crippen LogP contribution < -0.4 is 5.32 Å². The van der Waals surface area contributed by atoms with Crippen molar-refractivity contribution >= 4 is 11.8 Å². The normalized spacial score (nSPS) is 13.6. The number of benzene rings is 1. The van der Waals surface area contributed by atoms with Gasteiger partial charge in [-0.1, -0.05) is 12.1 Å². The van der Waals surface area contributed by atoms with Crippen molar-refractivity contribution in [2.45, 2.75) is 12.3 Å². The Morgan fingerprint density at radius 2 is 2.11 bits per heavy atom. The largest absolute Gasteiger partial charge is 0.416 e. The van der Waals surface area contributed by atoms with Crippen LogP contribution in [0, 0.1) is 0 Å². The molecule has 0 aliphatic carbocycles. The number of thioether (sulfide) groups is 1. The molecule has 1 atom stereocenters. The average Bonchev–Trinajstić information content (AvgIpc) is 2.33. The first-order valence-electron chi connectivity index (χ1n) is 5.50. The molecule has 0 spiro atoms. The van der Waals surface area contributed by atoms with Crippen LogP contribution in [-0.2, 0) is 6.18 Å². The molecule has 0 aromatic heterocycles. The fraction of sp³-hybridized carbons (Fsp3) is 0.500. The number of aliphatic hydroxyl groups is 1. The van der Waals surface area contributed by atoms with Crippen LogP contribution in [0.4, 0.5) is 13.2 Å². The maximum atomic E-state index is 12.5. The van der Waals surface area contributed by atoms with Crippen molar-refractivity contribution in [3.8, 4) is 0 Å². The van der Waals surface area contributed by atoms with Crippen molar-refractivity contribution in [1.82, 2.24) is 5.32 Å². The average molecular weight is 279 g/mol. The lowest BCUT2D eigenvalue weighted by atomic mass is 10.1. The summed E-state index contributed by atoms with van der Waals surface area (Å²) in [6.45, 7) is 0.971. The van der Waals surface area contributed by atoms with Crippen LogP contribution >= 0.6 is 11.8 Å². The minimum Gasteiger partial charge on any atom is -0.387 e. The lowest BCUT2D eigenvalue weighted by Crippen LogP contribution is -2.24. The Bertz CT molecular complexity index is 371. The molecule has 1 unspecified atom stereocenters. The van der Waals surface area contributed by atoms with Crippen LogP contribution in [0.1, 0.15) is 17.2 Å². The summed E-state index contributed by atoms with van der Waals surface area (Å²) in [6.07, 6.45) is -3.33. The molecule has 2 N–H and O–H groups in total. The topological polar surface area (TPSA) is 32.3 Å². The van der Waals surface area contributed by atoms with E-state index in [1.165, 1.54) is 12.1 Å². The van der Waals surface area contributed by atoms with Crippen LogP contribution in [0.5, 0.6) is 0 Å². The van der Waals surface area contributed by atoms with E-state index in [9.17, 15) is 18.3 Å². The Labute approximate surface area is 109 Å². The summed E-state index contributed by atoms with van der Waals surface area (Å²) in [4.78, 5) is 0. The summed E-state index contributed by atoms with van der Waals surface area (Å²) in [5.74, 6) is 0.898. The summed E-state index contributed by atoms with van der Waals surface area (Å²) in [6, 6.07) is 4.79. The van der Waals surface area contributed by atoms with Gasteiger partial charge < -0.3 is 10.4 Å². The third-order valence-corrected chi connectivity index (χ3v) is 3.03. The fourth-order valence-corrected chi connectivity index (χ4v) is 1.80. The van der Waals surface area contributed by atoms with Gasteiger partial charge in [-0.2, -0.15) is 24.9 Å². The highest BCUT2D eigenvalue weighted by Crippen LogP contribution is 2.30. The van der Waals surface area contributed by atoms with Gasteiger partial charge in [0.25, 0.3) is 0 Å². The number of nitrogens with one attached hydrogen (secondary N) is 1. The number of rotatable bonds is 6. The number of halogens is 3. The fourth-order valence-electron chi connectivity index (χ4n) is 1.45. The molecule has 0 amide bonds. The summed E-state index contributed by atoms with van der Waals surface area (Å²) in [5.41, 5.74) is -0.454. The lowest BCUT2D eigenvalue weighted by molar-refractivity contribution is -0.137. The molecule has 2 nitrogen and oxygen atoms in total. The predicted octanol–water partition coefficient (Wildman–Crippen LogP) is 2.69. The van der Waals surface area contributed by atoms with Gasteiger partial charge in [-0.05, 0) is 24.0 Å². The van der Waals surface area contributed by atoms with Gasteiger partial charge in [0.15, 0.2) is 0 Å². The Morgan fingerprint density at radius 1 is 1.39 bits per heavy atom. The first kappa shape index (κ1) is 15.3. The van der Waals surface area contributed by atoms with Crippen LogP contribution in [0.25, 0.3) is 0 Å². The quantitative estimate of drug-likeness (QED) is 0.785. The second kappa shape index (κ2) is 7.01. The van der Waals surface area contributed by atoms with E-state index >= 15 is 0 Å². The van der Waals surface area contributed by atoms with E-state index < -0.39 is 17.8 Å². The molecule has 0 bridgehead atoms. The van der Waals surface area contributed by atoms with Crippen molar-refractivity contribution in [3.63, 3.8) is 0 Å². The summed E-state index contributed by atoms with van der Waals surface area (Å²) >= 11 is 1.66. The van der Waals surface area contributed by atoms with E-state index in [0.29, 0.717) is 0 Å². The monoisotopic (exact) mass is 279 g/mol. The Kier molecular flexibility index (Phi) is 5.98. The molecule has 0 saturated carbocycles. The van der Waals surface area contributed by atoms with E-state index in [0.717, 1.165) is 24.4 Å². The van der Waals surface area contributed by atoms with Crippen molar-refractivity contribution in [1.29, 1.82) is 0 Å². The van der Waals surface area contributed by atoms with Gasteiger partial charge >= 0.3 is 6.18 Å². The zero-order chi connectivity index (χ0) is 13.6. The van der Waals surface area contributed by atoms with E-state index in [1.807, 2.05) is 6.26 Å². The highest BCUT2D eigenvalue weighted by Gasteiger charge is 2.30. The minimum atomic E-state index is -4.37. The molecular formula is C12H16F3NOS. The number of alkyl halides is 3. The molecule has 0 aliphatic heterocycles. The molecule has 0 fully saturated rings. The van der Waals surface area contributed by atoms with Crippen molar-refractivity contribution in [2.24, 2.45) is 0 Å². The van der Waals surface area contributed by atoms with Gasteiger partial charge in [0.1, 0.15) is 0 Å². The molecule has 102 valence electrons. The van der Waals surface area contributed by atoms with Crippen LogP contribution in [0.3, 0.4) is 0 Å². The molecule has 0 heterocycles. The van der Waals surface area contributed by atoms with Gasteiger partial charge in [-0.25, -0.2) is 0 Å². The Balaban J connectivity index is 2.60. The molecule has 1 aromatic carbocycles. The Morgan fingerprint density at radius 3 is 2.72 bits per heavy atom.